The number of aryl methyl sites for hydroxylation is 1. The minimum Gasteiger partial charge on any atom is -0.453 e. The second kappa shape index (κ2) is 8.89. The van der Waals surface area contributed by atoms with Crippen molar-refractivity contribution in [1.29, 1.82) is 0 Å². The van der Waals surface area contributed by atoms with Crippen LogP contribution in [0.3, 0.4) is 0 Å². The van der Waals surface area contributed by atoms with Gasteiger partial charge in [-0.05, 0) is 42.1 Å². The molecule has 0 radical (unpaired) electrons. The van der Waals surface area contributed by atoms with E-state index in [1.54, 1.807) is 12.1 Å². The lowest BCUT2D eigenvalue weighted by Gasteiger charge is -2.12. The molecule has 4 rings (SSSR count). The summed E-state index contributed by atoms with van der Waals surface area (Å²) in [5.74, 6) is 2.43. The van der Waals surface area contributed by atoms with Gasteiger partial charge in [-0.3, -0.25) is 0 Å². The summed E-state index contributed by atoms with van der Waals surface area (Å²) in [7, 11) is 0. The molecule has 31 heavy (non-hydrogen) atoms. The number of hydrogen-bond acceptors (Lipinski definition) is 5. The number of ether oxygens (including phenoxy) is 1. The standard InChI is InChI=1S/C22H12Cl3FN2O2S/c1-3-12-6-14(23)9-15(7-12)29-20-16(24)5-4-13(19(20)26)8-17-27-28-22(30-17)21-18(25)11(2)10-31-21/h1,4-7,9-10H,8H2,2H3. The summed E-state index contributed by atoms with van der Waals surface area (Å²) in [6.07, 6.45) is 5.45. The minimum absolute atomic E-state index is 0.0412. The number of nitrogens with zero attached hydrogens (tertiary/aromatic N) is 2. The molecule has 0 spiro atoms. The summed E-state index contributed by atoms with van der Waals surface area (Å²) in [4.78, 5) is 0.670. The molecular formula is C22H12Cl3FN2O2S. The van der Waals surface area contributed by atoms with Gasteiger partial charge in [-0.25, -0.2) is 4.39 Å². The van der Waals surface area contributed by atoms with Gasteiger partial charge in [0.25, 0.3) is 5.89 Å². The zero-order valence-corrected chi connectivity index (χ0v) is 19.0. The van der Waals surface area contributed by atoms with Crippen molar-refractivity contribution in [3.63, 3.8) is 0 Å². The fourth-order valence-corrected chi connectivity index (χ4v) is 4.38. The lowest BCUT2D eigenvalue weighted by Crippen LogP contribution is -1.98. The summed E-state index contributed by atoms with van der Waals surface area (Å²) in [6.45, 7) is 1.89. The smallest absolute Gasteiger partial charge is 0.259 e. The van der Waals surface area contributed by atoms with Gasteiger partial charge in [0.2, 0.25) is 5.89 Å². The summed E-state index contributed by atoms with van der Waals surface area (Å²) in [5, 5.41) is 10.9. The Morgan fingerprint density at radius 3 is 2.71 bits per heavy atom. The average molecular weight is 494 g/mol. The molecule has 2 heterocycles. The highest BCUT2D eigenvalue weighted by Crippen LogP contribution is 2.37. The Hall–Kier alpha value is -2.56. The van der Waals surface area contributed by atoms with Crippen LogP contribution in [-0.2, 0) is 6.42 Å². The number of benzene rings is 2. The number of hydrogen-bond donors (Lipinski definition) is 0. The molecule has 0 fully saturated rings. The van der Waals surface area contributed by atoms with E-state index in [2.05, 4.69) is 16.1 Å². The molecule has 0 N–H and O–H groups in total. The maximum Gasteiger partial charge on any atom is 0.259 e. The van der Waals surface area contributed by atoms with E-state index >= 15 is 4.39 Å². The molecule has 0 aliphatic carbocycles. The van der Waals surface area contributed by atoms with Gasteiger partial charge in [0.05, 0.1) is 16.5 Å². The predicted molar refractivity (Wildman–Crippen MR) is 121 cm³/mol. The van der Waals surface area contributed by atoms with Gasteiger partial charge < -0.3 is 9.15 Å². The maximum atomic E-state index is 15.2. The molecular weight excluding hydrogens is 482 g/mol. The van der Waals surface area contributed by atoms with E-state index in [0.29, 0.717) is 20.5 Å². The first-order valence-corrected chi connectivity index (χ1v) is 10.9. The molecule has 0 amide bonds. The molecule has 4 aromatic rings. The highest BCUT2D eigenvalue weighted by atomic mass is 35.5. The van der Waals surface area contributed by atoms with E-state index in [9.17, 15) is 0 Å². The van der Waals surface area contributed by atoms with Crippen LogP contribution in [0.2, 0.25) is 15.1 Å². The minimum atomic E-state index is -0.653. The molecule has 4 nitrogen and oxygen atoms in total. The number of thiophene rings is 1. The van der Waals surface area contributed by atoms with Crippen LogP contribution in [0.4, 0.5) is 4.39 Å². The van der Waals surface area contributed by atoms with Crippen LogP contribution in [-0.4, -0.2) is 10.2 Å². The first-order valence-electron chi connectivity index (χ1n) is 8.84. The van der Waals surface area contributed by atoms with Gasteiger partial charge in [-0.2, -0.15) is 0 Å². The quantitative estimate of drug-likeness (QED) is 0.269. The normalized spacial score (nSPS) is 10.8. The van der Waals surface area contributed by atoms with E-state index in [1.165, 1.54) is 29.5 Å². The predicted octanol–water partition coefficient (Wildman–Crippen LogP) is 7.57. The fraction of sp³-hybridized carbons (Fsp3) is 0.0909. The van der Waals surface area contributed by atoms with Crippen LogP contribution < -0.4 is 4.74 Å². The second-order valence-corrected chi connectivity index (χ2v) is 8.61. The van der Waals surface area contributed by atoms with Crippen molar-refractivity contribution in [2.45, 2.75) is 13.3 Å². The largest absolute Gasteiger partial charge is 0.453 e. The van der Waals surface area contributed by atoms with Crippen LogP contribution in [0.5, 0.6) is 11.5 Å². The molecule has 156 valence electrons. The third-order valence-corrected chi connectivity index (χ3v) is 6.49. The van der Waals surface area contributed by atoms with E-state index in [1.807, 2.05) is 12.3 Å². The third kappa shape index (κ3) is 4.56. The fourth-order valence-electron chi connectivity index (χ4n) is 2.78. The third-order valence-electron chi connectivity index (χ3n) is 4.29. The van der Waals surface area contributed by atoms with Gasteiger partial charge in [-0.1, -0.05) is 46.8 Å². The highest BCUT2D eigenvalue weighted by Gasteiger charge is 2.20. The summed E-state index contributed by atoms with van der Waals surface area (Å²) >= 11 is 19.9. The van der Waals surface area contributed by atoms with Gasteiger partial charge in [0.1, 0.15) is 10.6 Å². The lowest BCUT2D eigenvalue weighted by molar-refractivity contribution is 0.437. The van der Waals surface area contributed by atoms with Crippen molar-refractivity contribution < 1.29 is 13.5 Å². The number of terminal acetylenes is 1. The summed E-state index contributed by atoms with van der Waals surface area (Å²) < 4.78 is 26.5. The summed E-state index contributed by atoms with van der Waals surface area (Å²) in [6, 6.07) is 7.73. The van der Waals surface area contributed by atoms with Crippen LogP contribution in [0, 0.1) is 25.1 Å². The molecule has 2 aromatic heterocycles. The first kappa shape index (κ1) is 21.7. The van der Waals surface area contributed by atoms with Crippen LogP contribution in [0.1, 0.15) is 22.6 Å². The van der Waals surface area contributed by atoms with E-state index < -0.39 is 5.82 Å². The summed E-state index contributed by atoms with van der Waals surface area (Å²) in [5.41, 5.74) is 1.68. The van der Waals surface area contributed by atoms with Crippen molar-refractivity contribution in [2.24, 2.45) is 0 Å². The Kier molecular flexibility index (Phi) is 6.22. The van der Waals surface area contributed by atoms with Gasteiger partial charge in [-0.15, -0.1) is 28.0 Å². The van der Waals surface area contributed by atoms with Crippen molar-refractivity contribution in [3.8, 4) is 34.6 Å². The number of aromatic nitrogens is 2. The van der Waals surface area contributed by atoms with Gasteiger partial charge in [0, 0.05) is 16.1 Å². The molecule has 2 aromatic carbocycles. The molecule has 0 bridgehead atoms. The van der Waals surface area contributed by atoms with E-state index in [0.717, 1.165) is 5.56 Å². The molecule has 0 atom stereocenters. The Morgan fingerprint density at radius 1 is 1.19 bits per heavy atom. The molecule has 0 aliphatic rings. The Labute approximate surface area is 196 Å². The monoisotopic (exact) mass is 492 g/mol. The van der Waals surface area contributed by atoms with Crippen molar-refractivity contribution in [2.75, 3.05) is 0 Å². The SMILES string of the molecule is C#Cc1cc(Cl)cc(Oc2c(Cl)ccc(Cc3nnc(-c4scc(C)c4Cl)o3)c2F)c1. The van der Waals surface area contributed by atoms with Crippen LogP contribution >= 0.6 is 46.1 Å². The maximum absolute atomic E-state index is 15.2. The van der Waals surface area contributed by atoms with Crippen molar-refractivity contribution in [1.82, 2.24) is 10.2 Å². The van der Waals surface area contributed by atoms with Crippen LogP contribution in [0.25, 0.3) is 10.8 Å². The topological polar surface area (TPSA) is 48.2 Å². The van der Waals surface area contributed by atoms with Gasteiger partial charge >= 0.3 is 0 Å². The van der Waals surface area contributed by atoms with Gasteiger partial charge in [0.15, 0.2) is 11.6 Å². The van der Waals surface area contributed by atoms with E-state index in [4.69, 9.17) is 50.4 Å². The highest BCUT2D eigenvalue weighted by molar-refractivity contribution is 7.14. The molecule has 0 unspecified atom stereocenters. The molecule has 0 saturated carbocycles. The average Bonchev–Trinajstić information content (AvgIpc) is 3.33. The van der Waals surface area contributed by atoms with Crippen LogP contribution in [0.15, 0.2) is 40.1 Å². The Balaban J connectivity index is 1.62. The second-order valence-electron chi connectivity index (χ2n) is 6.51. The molecule has 9 heteroatoms. The number of rotatable bonds is 5. The Morgan fingerprint density at radius 2 is 2.00 bits per heavy atom. The molecule has 0 aliphatic heterocycles. The zero-order chi connectivity index (χ0) is 22.1. The lowest BCUT2D eigenvalue weighted by atomic mass is 10.1. The first-order chi connectivity index (χ1) is 14.9. The number of halogens is 4. The van der Waals surface area contributed by atoms with Crippen molar-refractivity contribution >= 4 is 46.1 Å². The zero-order valence-electron chi connectivity index (χ0n) is 15.9. The molecule has 0 saturated heterocycles. The van der Waals surface area contributed by atoms with E-state index in [-0.39, 0.29) is 40.3 Å². The Bertz CT molecular complexity index is 1330. The van der Waals surface area contributed by atoms with Crippen molar-refractivity contribution in [3.05, 3.63) is 79.2 Å².